The summed E-state index contributed by atoms with van der Waals surface area (Å²) in [6.45, 7) is 0.0971. The molecule has 0 atom stereocenters. The summed E-state index contributed by atoms with van der Waals surface area (Å²) < 4.78 is 16.0. The van der Waals surface area contributed by atoms with E-state index in [1.165, 1.54) is 14.2 Å². The molecule has 128 valence electrons. The van der Waals surface area contributed by atoms with Gasteiger partial charge in [0.1, 0.15) is 17.1 Å². The third-order valence-electron chi connectivity index (χ3n) is 3.54. The molecule has 0 bridgehead atoms. The van der Waals surface area contributed by atoms with Crippen LogP contribution < -0.4 is 14.8 Å². The zero-order valence-corrected chi connectivity index (χ0v) is 13.9. The van der Waals surface area contributed by atoms with Crippen molar-refractivity contribution in [2.24, 2.45) is 0 Å². The summed E-state index contributed by atoms with van der Waals surface area (Å²) in [5, 5.41) is 10.7. The van der Waals surface area contributed by atoms with Crippen LogP contribution in [0.4, 0.5) is 0 Å². The molecule has 25 heavy (non-hydrogen) atoms. The summed E-state index contributed by atoms with van der Waals surface area (Å²) >= 11 is 0. The first-order valence-electron chi connectivity index (χ1n) is 7.60. The molecule has 0 fully saturated rings. The van der Waals surface area contributed by atoms with E-state index in [4.69, 9.17) is 13.9 Å². The molecular formula is C18H17N3O4. The Morgan fingerprint density at radius 3 is 2.32 bits per heavy atom. The van der Waals surface area contributed by atoms with Crippen molar-refractivity contribution in [2.45, 2.75) is 6.54 Å². The average Bonchev–Trinajstić information content (AvgIpc) is 3.15. The van der Waals surface area contributed by atoms with Crippen LogP contribution in [0.2, 0.25) is 0 Å². The number of hydrogen-bond acceptors (Lipinski definition) is 6. The summed E-state index contributed by atoms with van der Waals surface area (Å²) in [5.41, 5.74) is 1.13. The number of benzene rings is 2. The topological polar surface area (TPSA) is 86.5 Å². The van der Waals surface area contributed by atoms with Gasteiger partial charge in [-0.3, -0.25) is 4.79 Å². The largest absolute Gasteiger partial charge is 0.496 e. The molecule has 1 heterocycles. The number of aromatic nitrogens is 2. The Bertz CT molecular complexity index is 840. The summed E-state index contributed by atoms with van der Waals surface area (Å²) in [4.78, 5) is 12.5. The Morgan fingerprint density at radius 1 is 1.00 bits per heavy atom. The highest BCUT2D eigenvalue weighted by Crippen LogP contribution is 2.28. The number of methoxy groups -OCH3 is 2. The van der Waals surface area contributed by atoms with E-state index in [1.54, 1.807) is 18.2 Å². The number of amides is 1. The van der Waals surface area contributed by atoms with Gasteiger partial charge in [0.2, 0.25) is 11.8 Å². The van der Waals surface area contributed by atoms with E-state index in [0.29, 0.717) is 28.8 Å². The SMILES string of the molecule is COc1cccc(OC)c1C(=O)NCc1nnc(-c2ccccc2)o1. The van der Waals surface area contributed by atoms with Gasteiger partial charge in [-0.15, -0.1) is 10.2 Å². The van der Waals surface area contributed by atoms with Gasteiger partial charge in [0, 0.05) is 5.56 Å². The maximum Gasteiger partial charge on any atom is 0.259 e. The van der Waals surface area contributed by atoms with Crippen LogP contribution in [0.5, 0.6) is 11.5 Å². The maximum absolute atomic E-state index is 12.5. The number of rotatable bonds is 6. The highest BCUT2D eigenvalue weighted by molar-refractivity contribution is 5.99. The zero-order valence-electron chi connectivity index (χ0n) is 13.9. The molecule has 7 nitrogen and oxygen atoms in total. The first-order chi connectivity index (χ1) is 12.2. The van der Waals surface area contributed by atoms with E-state index in [9.17, 15) is 4.79 Å². The first-order valence-corrected chi connectivity index (χ1v) is 7.60. The van der Waals surface area contributed by atoms with Crippen LogP contribution in [0.15, 0.2) is 52.9 Å². The number of ether oxygens (including phenoxy) is 2. The molecule has 2 aromatic carbocycles. The van der Waals surface area contributed by atoms with Crippen LogP contribution in [0.3, 0.4) is 0 Å². The van der Waals surface area contributed by atoms with Gasteiger partial charge in [0.05, 0.1) is 20.8 Å². The molecular weight excluding hydrogens is 322 g/mol. The average molecular weight is 339 g/mol. The summed E-state index contributed by atoms with van der Waals surface area (Å²) in [5.74, 6) is 1.20. The van der Waals surface area contributed by atoms with Crippen molar-refractivity contribution < 1.29 is 18.7 Å². The Kier molecular flexibility index (Phi) is 4.94. The highest BCUT2D eigenvalue weighted by Gasteiger charge is 2.18. The van der Waals surface area contributed by atoms with E-state index in [1.807, 2.05) is 30.3 Å². The zero-order chi connectivity index (χ0) is 17.6. The van der Waals surface area contributed by atoms with Gasteiger partial charge in [-0.25, -0.2) is 0 Å². The number of nitrogens with one attached hydrogen (secondary N) is 1. The van der Waals surface area contributed by atoms with Crippen molar-refractivity contribution in [1.29, 1.82) is 0 Å². The van der Waals surface area contributed by atoms with Crippen molar-refractivity contribution in [2.75, 3.05) is 14.2 Å². The lowest BCUT2D eigenvalue weighted by Crippen LogP contribution is -2.24. The summed E-state index contributed by atoms with van der Waals surface area (Å²) in [6, 6.07) is 14.5. The Hall–Kier alpha value is -3.35. The quantitative estimate of drug-likeness (QED) is 0.743. The van der Waals surface area contributed by atoms with Crippen molar-refractivity contribution in [3.05, 3.63) is 60.0 Å². The molecule has 0 spiro atoms. The number of hydrogen-bond donors (Lipinski definition) is 1. The van der Waals surface area contributed by atoms with Gasteiger partial charge >= 0.3 is 0 Å². The van der Waals surface area contributed by atoms with Crippen LogP contribution in [0.25, 0.3) is 11.5 Å². The number of nitrogens with zero attached hydrogens (tertiary/aromatic N) is 2. The van der Waals surface area contributed by atoms with Gasteiger partial charge in [-0.05, 0) is 24.3 Å². The van der Waals surface area contributed by atoms with E-state index < -0.39 is 0 Å². The van der Waals surface area contributed by atoms with E-state index in [0.717, 1.165) is 5.56 Å². The lowest BCUT2D eigenvalue weighted by atomic mass is 10.1. The van der Waals surface area contributed by atoms with Gasteiger partial charge in [0.25, 0.3) is 5.91 Å². The summed E-state index contributed by atoms with van der Waals surface area (Å²) in [6.07, 6.45) is 0. The van der Waals surface area contributed by atoms with Crippen LogP contribution in [0.1, 0.15) is 16.2 Å². The highest BCUT2D eigenvalue weighted by atomic mass is 16.5. The molecule has 3 aromatic rings. The molecule has 1 aromatic heterocycles. The minimum atomic E-state index is -0.353. The normalized spacial score (nSPS) is 10.3. The van der Waals surface area contributed by atoms with Crippen LogP contribution in [-0.4, -0.2) is 30.3 Å². The van der Waals surface area contributed by atoms with Crippen LogP contribution in [-0.2, 0) is 6.54 Å². The second kappa shape index (κ2) is 7.48. The molecule has 0 radical (unpaired) electrons. The van der Waals surface area contributed by atoms with E-state index in [-0.39, 0.29) is 12.5 Å². The maximum atomic E-state index is 12.5. The fourth-order valence-corrected chi connectivity index (χ4v) is 2.34. The molecule has 0 aliphatic heterocycles. The molecule has 3 rings (SSSR count). The molecule has 0 unspecified atom stereocenters. The Balaban J connectivity index is 1.72. The molecule has 0 saturated carbocycles. The van der Waals surface area contributed by atoms with E-state index in [2.05, 4.69) is 15.5 Å². The summed E-state index contributed by atoms with van der Waals surface area (Å²) in [7, 11) is 2.99. The smallest absolute Gasteiger partial charge is 0.259 e. The predicted octanol–water partition coefficient (Wildman–Crippen LogP) is 2.68. The van der Waals surface area contributed by atoms with E-state index >= 15 is 0 Å². The number of carbonyl (C=O) groups is 1. The van der Waals surface area contributed by atoms with Gasteiger partial charge < -0.3 is 19.2 Å². The fourth-order valence-electron chi connectivity index (χ4n) is 2.34. The molecule has 0 aliphatic carbocycles. The third kappa shape index (κ3) is 3.60. The molecule has 1 amide bonds. The minimum absolute atomic E-state index is 0.0971. The monoisotopic (exact) mass is 339 g/mol. The lowest BCUT2D eigenvalue weighted by molar-refractivity contribution is 0.0941. The molecule has 0 saturated heterocycles. The van der Waals surface area contributed by atoms with Crippen molar-refractivity contribution >= 4 is 5.91 Å². The Morgan fingerprint density at radius 2 is 1.68 bits per heavy atom. The molecule has 7 heteroatoms. The second-order valence-corrected chi connectivity index (χ2v) is 5.09. The van der Waals surface area contributed by atoms with Crippen molar-refractivity contribution in [3.63, 3.8) is 0 Å². The standard InChI is InChI=1S/C18H17N3O4/c1-23-13-9-6-10-14(24-2)16(13)17(22)19-11-15-20-21-18(25-15)12-7-4-3-5-8-12/h3-10H,11H2,1-2H3,(H,19,22). The van der Waals surface area contributed by atoms with Crippen LogP contribution in [0, 0.1) is 0 Å². The second-order valence-electron chi connectivity index (χ2n) is 5.09. The van der Waals surface area contributed by atoms with Crippen molar-refractivity contribution in [3.8, 4) is 23.0 Å². The molecule has 0 aliphatic rings. The van der Waals surface area contributed by atoms with Gasteiger partial charge in [-0.2, -0.15) is 0 Å². The van der Waals surface area contributed by atoms with Gasteiger partial charge in [-0.1, -0.05) is 24.3 Å². The number of carbonyl (C=O) groups excluding carboxylic acids is 1. The predicted molar refractivity (Wildman–Crippen MR) is 90.5 cm³/mol. The van der Waals surface area contributed by atoms with Gasteiger partial charge in [0.15, 0.2) is 0 Å². The fraction of sp³-hybridized carbons (Fsp3) is 0.167. The lowest BCUT2D eigenvalue weighted by Gasteiger charge is -2.12. The first kappa shape index (κ1) is 16.5. The minimum Gasteiger partial charge on any atom is -0.496 e. The third-order valence-corrected chi connectivity index (χ3v) is 3.54. The molecule has 1 N–H and O–H groups in total. The van der Waals surface area contributed by atoms with Crippen molar-refractivity contribution in [1.82, 2.24) is 15.5 Å². The Labute approximate surface area is 144 Å². The van der Waals surface area contributed by atoms with Crippen LogP contribution >= 0.6 is 0 Å².